The Balaban J connectivity index is 0.00000567. The SMILES string of the molecule is Cc1ccc(C(NS(=O)(=O)c2cccc(C(=O)O[C@@H](Cc3c(Cl)c[nH+]cc3Cl)c3ccc(OC(F)F)c(OCC4CC4)c3)c2)C(=O)O[C@H]2CN3CCC2CC3)cc1.[OH-]. The van der Waals surface area contributed by atoms with Crippen molar-refractivity contribution in [3.8, 4) is 11.5 Å². The number of alkyl halides is 2. The number of ether oxygens (including phenoxy) is 4. The first-order chi connectivity index (χ1) is 27.3. The molecule has 3 saturated heterocycles. The number of aryl methyl sites for hydroxylation is 1. The van der Waals surface area contributed by atoms with E-state index in [1.165, 1.54) is 48.8 Å². The van der Waals surface area contributed by atoms with Gasteiger partial charge in [0, 0.05) is 18.5 Å². The van der Waals surface area contributed by atoms with Gasteiger partial charge in [-0.15, -0.1) is 0 Å². The van der Waals surface area contributed by atoms with Gasteiger partial charge in [0.05, 0.1) is 17.1 Å². The van der Waals surface area contributed by atoms with Crippen molar-refractivity contribution in [2.24, 2.45) is 11.8 Å². The van der Waals surface area contributed by atoms with Crippen LogP contribution in [0.4, 0.5) is 8.78 Å². The summed E-state index contributed by atoms with van der Waals surface area (Å²) in [5, 5.41) is 0.501. The van der Waals surface area contributed by atoms with E-state index in [1.807, 2.05) is 6.92 Å². The fraction of sp³-hybridized carbons (Fsp3) is 0.390. The van der Waals surface area contributed by atoms with Gasteiger partial charge in [0.1, 0.15) is 28.3 Å². The van der Waals surface area contributed by atoms with E-state index in [1.54, 1.807) is 24.3 Å². The number of sulfonamides is 1. The van der Waals surface area contributed by atoms with Crippen LogP contribution in [0, 0.1) is 18.8 Å². The number of hydrogen-bond donors (Lipinski definition) is 1. The molecule has 2 bridgehead atoms. The van der Waals surface area contributed by atoms with Gasteiger partial charge in [0.2, 0.25) is 10.0 Å². The molecule has 1 unspecified atom stereocenters. The van der Waals surface area contributed by atoms with E-state index < -0.39 is 40.7 Å². The molecular formula is C41H43Cl2F2N3O9S. The average Bonchev–Trinajstić information content (AvgIpc) is 4.03. The number of carbonyl (C=O) groups is 2. The molecule has 3 atom stereocenters. The molecule has 17 heteroatoms. The first-order valence-electron chi connectivity index (χ1n) is 18.7. The number of aromatic amines is 1. The highest BCUT2D eigenvalue weighted by Crippen LogP contribution is 2.38. The van der Waals surface area contributed by atoms with Crippen LogP contribution in [0.25, 0.3) is 0 Å². The minimum Gasteiger partial charge on any atom is -0.870 e. The number of benzene rings is 3. The van der Waals surface area contributed by atoms with Crippen molar-refractivity contribution in [3.05, 3.63) is 117 Å². The molecule has 3 aliphatic heterocycles. The molecule has 58 heavy (non-hydrogen) atoms. The molecule has 4 aromatic rings. The van der Waals surface area contributed by atoms with Gasteiger partial charge in [0.15, 0.2) is 23.9 Å². The molecule has 8 rings (SSSR count). The number of piperidine rings is 3. The number of fused-ring (bicyclic) bond motifs is 3. The molecule has 1 aliphatic carbocycles. The number of rotatable bonds is 16. The number of halogens is 4. The van der Waals surface area contributed by atoms with Crippen LogP contribution in [0.5, 0.6) is 11.5 Å². The summed E-state index contributed by atoms with van der Waals surface area (Å²) in [5.74, 6) is -1.28. The summed E-state index contributed by atoms with van der Waals surface area (Å²) in [6, 6.07) is 15.0. The second kappa shape index (κ2) is 18.7. The van der Waals surface area contributed by atoms with Crippen LogP contribution in [0.2, 0.25) is 10.0 Å². The summed E-state index contributed by atoms with van der Waals surface area (Å²) >= 11 is 13.0. The van der Waals surface area contributed by atoms with E-state index in [4.69, 9.17) is 42.1 Å². The van der Waals surface area contributed by atoms with Crippen molar-refractivity contribution in [1.82, 2.24) is 9.62 Å². The molecular weight excluding hydrogens is 819 g/mol. The number of carbonyl (C=O) groups excluding carboxylic acids is 2. The van der Waals surface area contributed by atoms with Crippen LogP contribution < -0.4 is 19.2 Å². The fourth-order valence-electron chi connectivity index (χ4n) is 7.09. The Morgan fingerprint density at radius 3 is 2.26 bits per heavy atom. The van der Waals surface area contributed by atoms with Gasteiger partial charge in [-0.2, -0.15) is 13.5 Å². The van der Waals surface area contributed by atoms with Gasteiger partial charge in [-0.1, -0.05) is 65.2 Å². The summed E-state index contributed by atoms with van der Waals surface area (Å²) < 4.78 is 79.7. The zero-order valence-electron chi connectivity index (χ0n) is 31.4. The molecule has 3 N–H and O–H groups in total. The minimum atomic E-state index is -4.44. The molecule has 1 aromatic heterocycles. The van der Waals surface area contributed by atoms with E-state index in [0.717, 1.165) is 50.4 Å². The highest BCUT2D eigenvalue weighted by Gasteiger charge is 2.39. The Kier molecular flexibility index (Phi) is 13.9. The Morgan fingerprint density at radius 2 is 1.62 bits per heavy atom. The van der Waals surface area contributed by atoms with Gasteiger partial charge in [-0.3, -0.25) is 4.90 Å². The maximum absolute atomic E-state index is 14.0. The number of nitrogens with zero attached hydrogens (tertiary/aromatic N) is 1. The number of hydrogen-bond acceptors (Lipinski definition) is 10. The van der Waals surface area contributed by atoms with Crippen molar-refractivity contribution >= 4 is 45.2 Å². The van der Waals surface area contributed by atoms with E-state index in [9.17, 15) is 26.8 Å². The third kappa shape index (κ3) is 10.6. The first kappa shape index (κ1) is 43.2. The van der Waals surface area contributed by atoms with Crippen LogP contribution in [0.15, 0.2) is 84.0 Å². The van der Waals surface area contributed by atoms with Gasteiger partial charge in [-0.05, 0) is 99.0 Å². The minimum absolute atomic E-state index is 0. The molecule has 3 aromatic carbocycles. The van der Waals surface area contributed by atoms with Crippen molar-refractivity contribution < 1.29 is 56.2 Å². The highest BCUT2D eigenvalue weighted by molar-refractivity contribution is 7.89. The molecule has 4 fully saturated rings. The van der Waals surface area contributed by atoms with Crippen molar-refractivity contribution in [2.75, 3.05) is 26.2 Å². The van der Waals surface area contributed by atoms with E-state index in [2.05, 4.69) is 14.6 Å². The van der Waals surface area contributed by atoms with E-state index in [-0.39, 0.29) is 62.5 Å². The topological polar surface area (TPSA) is 165 Å². The molecule has 4 heterocycles. The van der Waals surface area contributed by atoms with Crippen LogP contribution in [-0.2, 0) is 30.7 Å². The van der Waals surface area contributed by atoms with Crippen LogP contribution >= 0.6 is 23.2 Å². The zero-order valence-corrected chi connectivity index (χ0v) is 33.7. The summed E-state index contributed by atoms with van der Waals surface area (Å²) in [5.41, 5.74) is 1.98. The molecule has 0 spiro atoms. The summed E-state index contributed by atoms with van der Waals surface area (Å²) in [6.07, 6.45) is 5.21. The maximum Gasteiger partial charge on any atom is 0.387 e. The lowest BCUT2D eigenvalue weighted by atomic mass is 9.86. The number of H-pyrrole nitrogens is 1. The quantitative estimate of drug-likeness (QED) is 0.115. The van der Waals surface area contributed by atoms with Gasteiger partial charge in [0.25, 0.3) is 0 Å². The Hall–Kier alpha value is -4.38. The molecule has 310 valence electrons. The van der Waals surface area contributed by atoms with Gasteiger partial charge in [-0.25, -0.2) is 23.0 Å². The Labute approximate surface area is 345 Å². The van der Waals surface area contributed by atoms with Crippen molar-refractivity contribution in [2.45, 2.75) is 68.8 Å². The van der Waals surface area contributed by atoms with Gasteiger partial charge >= 0.3 is 18.6 Å². The molecule has 12 nitrogen and oxygen atoms in total. The second-order valence-electron chi connectivity index (χ2n) is 14.7. The summed E-state index contributed by atoms with van der Waals surface area (Å²) in [7, 11) is -4.44. The van der Waals surface area contributed by atoms with Crippen molar-refractivity contribution in [3.63, 3.8) is 0 Å². The second-order valence-corrected chi connectivity index (χ2v) is 17.2. The normalized spacial score (nSPS) is 19.8. The predicted octanol–water partition coefficient (Wildman–Crippen LogP) is 7.13. The van der Waals surface area contributed by atoms with Crippen LogP contribution in [0.3, 0.4) is 0 Å². The predicted molar refractivity (Wildman–Crippen MR) is 208 cm³/mol. The number of pyridine rings is 1. The third-order valence-corrected chi connectivity index (χ3v) is 12.6. The lowest BCUT2D eigenvalue weighted by molar-refractivity contribution is -0.377. The molecule has 4 aliphatic rings. The van der Waals surface area contributed by atoms with E-state index >= 15 is 0 Å². The largest absolute Gasteiger partial charge is 0.870 e. The Bertz CT molecular complexity index is 2180. The first-order valence-corrected chi connectivity index (χ1v) is 20.9. The molecule has 1 saturated carbocycles. The number of nitrogens with one attached hydrogen (secondary N) is 2. The smallest absolute Gasteiger partial charge is 0.387 e. The highest BCUT2D eigenvalue weighted by atomic mass is 35.5. The standard InChI is InChI=1S/C41H41Cl2F2N3O8S.H2O/c1-24-5-9-27(10-6-24)38(40(50)55-37-22-48-15-13-26(37)14-16-48)47-57(51,52)30-4-2-3-29(17-30)39(49)54-35(19-31-32(42)20-46-21-33(31)43)28-11-12-34(56-41(44)45)36(18-28)53-23-25-7-8-25;/h2-6,9-12,17-18,20-21,25-26,35,37-38,41,47H,7-8,13-16,19,22-23H2,1H3;1H2/t35-,37-,38?;/m0./s1. The summed E-state index contributed by atoms with van der Waals surface area (Å²) in [4.78, 5) is 32.4. The Morgan fingerprint density at radius 1 is 0.931 bits per heavy atom. The fourth-order valence-corrected chi connectivity index (χ4v) is 8.84. The monoisotopic (exact) mass is 861 g/mol. The van der Waals surface area contributed by atoms with Crippen molar-refractivity contribution in [1.29, 1.82) is 0 Å². The molecule has 0 amide bonds. The van der Waals surface area contributed by atoms with Gasteiger partial charge < -0.3 is 24.4 Å². The van der Waals surface area contributed by atoms with E-state index in [0.29, 0.717) is 29.2 Å². The van der Waals surface area contributed by atoms with Crippen LogP contribution in [0.1, 0.15) is 70.4 Å². The third-order valence-electron chi connectivity index (χ3n) is 10.5. The lowest BCUT2D eigenvalue weighted by Crippen LogP contribution is -2.52. The number of aromatic nitrogens is 1. The summed E-state index contributed by atoms with van der Waals surface area (Å²) in [6.45, 7) is 1.54. The molecule has 0 radical (unpaired) electrons. The van der Waals surface area contributed by atoms with Crippen LogP contribution in [-0.4, -0.2) is 69.7 Å². The maximum atomic E-state index is 14.0. The number of esters is 2. The average molecular weight is 863 g/mol. The lowest BCUT2D eigenvalue weighted by Gasteiger charge is -2.44. The zero-order chi connectivity index (χ0) is 40.3.